The summed E-state index contributed by atoms with van der Waals surface area (Å²) in [5, 5.41) is 0. The van der Waals surface area contributed by atoms with Gasteiger partial charge < -0.3 is 9.53 Å². The minimum absolute atomic E-state index is 0.0843. The Hall–Kier alpha value is -1.78. The summed E-state index contributed by atoms with van der Waals surface area (Å²) in [4.78, 5) is 33.8. The lowest BCUT2D eigenvalue weighted by molar-refractivity contribution is -0.137. The Morgan fingerprint density at radius 1 is 1.31 bits per heavy atom. The van der Waals surface area contributed by atoms with Crippen LogP contribution in [0, 0.1) is 17.8 Å². The lowest BCUT2D eigenvalue weighted by Gasteiger charge is -2.49. The number of carbonyl (C=O) groups is 2. The molecule has 1 saturated carbocycles. The fourth-order valence-corrected chi connectivity index (χ4v) is 4.80. The number of nitrogens with zero attached hydrogens (tertiary/aromatic N) is 2. The molecule has 0 saturated heterocycles. The van der Waals surface area contributed by atoms with Crippen molar-refractivity contribution < 1.29 is 14.3 Å². The second kappa shape index (κ2) is 6.43. The third kappa shape index (κ3) is 2.85. The van der Waals surface area contributed by atoms with Crippen LogP contribution in [-0.4, -0.2) is 28.6 Å². The SMILES string of the molecule is CCOc1nc(C(C)(C)C)nc2c1CC[C@H]1[C@H](C)C(=O)C(C=O)C[C@]21C. The van der Waals surface area contributed by atoms with Gasteiger partial charge in [-0.15, -0.1) is 0 Å². The van der Waals surface area contributed by atoms with Gasteiger partial charge >= 0.3 is 0 Å². The molecular weight excluding hydrogens is 328 g/mol. The van der Waals surface area contributed by atoms with E-state index in [0.29, 0.717) is 18.9 Å². The summed E-state index contributed by atoms with van der Waals surface area (Å²) in [5.74, 6) is 1.06. The van der Waals surface area contributed by atoms with Crippen molar-refractivity contribution in [3.05, 3.63) is 17.1 Å². The molecule has 1 unspecified atom stereocenters. The molecule has 1 heterocycles. The van der Waals surface area contributed by atoms with Gasteiger partial charge in [-0.1, -0.05) is 34.6 Å². The quantitative estimate of drug-likeness (QED) is 0.612. The highest BCUT2D eigenvalue weighted by atomic mass is 16.5. The molecule has 0 spiro atoms. The summed E-state index contributed by atoms with van der Waals surface area (Å²) in [6.07, 6.45) is 3.08. The average molecular weight is 358 g/mol. The Morgan fingerprint density at radius 2 is 2.00 bits per heavy atom. The highest BCUT2D eigenvalue weighted by molar-refractivity contribution is 5.96. The molecule has 2 aliphatic rings. The molecular formula is C21H30N2O3. The molecule has 1 aromatic rings. The van der Waals surface area contributed by atoms with Crippen LogP contribution < -0.4 is 4.74 Å². The first-order valence-electron chi connectivity index (χ1n) is 9.67. The average Bonchev–Trinajstić information content (AvgIpc) is 2.57. The predicted octanol–water partition coefficient (Wildman–Crippen LogP) is 3.42. The molecule has 5 heteroatoms. The number of rotatable bonds is 3. The molecule has 0 aromatic carbocycles. The van der Waals surface area contributed by atoms with E-state index in [2.05, 4.69) is 27.7 Å². The van der Waals surface area contributed by atoms with Gasteiger partial charge in [-0.2, -0.15) is 4.98 Å². The maximum Gasteiger partial charge on any atom is 0.220 e. The minimum Gasteiger partial charge on any atom is -0.478 e. The van der Waals surface area contributed by atoms with E-state index in [0.717, 1.165) is 36.2 Å². The third-order valence-corrected chi connectivity index (χ3v) is 6.21. The van der Waals surface area contributed by atoms with Crippen LogP contribution in [0.4, 0.5) is 0 Å². The van der Waals surface area contributed by atoms with E-state index in [1.54, 1.807) is 0 Å². The van der Waals surface area contributed by atoms with E-state index in [1.807, 2.05) is 13.8 Å². The van der Waals surface area contributed by atoms with E-state index in [4.69, 9.17) is 14.7 Å². The highest BCUT2D eigenvalue weighted by Crippen LogP contribution is 2.53. The minimum atomic E-state index is -0.541. The van der Waals surface area contributed by atoms with Crippen LogP contribution in [0.3, 0.4) is 0 Å². The number of hydrogen-bond donors (Lipinski definition) is 0. The van der Waals surface area contributed by atoms with Gasteiger partial charge in [0.1, 0.15) is 17.9 Å². The smallest absolute Gasteiger partial charge is 0.220 e. The van der Waals surface area contributed by atoms with Crippen molar-refractivity contribution in [2.45, 2.75) is 71.6 Å². The van der Waals surface area contributed by atoms with Crippen LogP contribution in [0.15, 0.2) is 0 Å². The summed E-state index contributed by atoms with van der Waals surface area (Å²) in [5.41, 5.74) is 1.54. The van der Waals surface area contributed by atoms with Crippen molar-refractivity contribution in [2.24, 2.45) is 17.8 Å². The van der Waals surface area contributed by atoms with Crippen molar-refractivity contribution in [1.29, 1.82) is 0 Å². The van der Waals surface area contributed by atoms with E-state index >= 15 is 0 Å². The van der Waals surface area contributed by atoms with Crippen LogP contribution in [0.1, 0.15) is 71.5 Å². The molecule has 1 aromatic heterocycles. The molecule has 26 heavy (non-hydrogen) atoms. The molecule has 0 amide bonds. The number of hydrogen-bond acceptors (Lipinski definition) is 5. The predicted molar refractivity (Wildman–Crippen MR) is 99.4 cm³/mol. The summed E-state index contributed by atoms with van der Waals surface area (Å²) in [6, 6.07) is 0. The highest BCUT2D eigenvalue weighted by Gasteiger charge is 2.53. The monoisotopic (exact) mass is 358 g/mol. The zero-order valence-electron chi connectivity index (χ0n) is 16.8. The summed E-state index contributed by atoms with van der Waals surface area (Å²) >= 11 is 0. The third-order valence-electron chi connectivity index (χ3n) is 6.21. The molecule has 0 aliphatic heterocycles. The van der Waals surface area contributed by atoms with Crippen LogP contribution >= 0.6 is 0 Å². The molecule has 0 bridgehead atoms. The normalized spacial score (nSPS) is 31.2. The largest absolute Gasteiger partial charge is 0.478 e. The number of ether oxygens (including phenoxy) is 1. The van der Waals surface area contributed by atoms with E-state index in [1.165, 1.54) is 0 Å². The molecule has 4 atom stereocenters. The van der Waals surface area contributed by atoms with Crippen molar-refractivity contribution in [1.82, 2.24) is 9.97 Å². The molecule has 0 radical (unpaired) electrons. The lowest BCUT2D eigenvalue weighted by atomic mass is 9.54. The molecule has 2 aliphatic carbocycles. The van der Waals surface area contributed by atoms with Gasteiger partial charge in [0.25, 0.3) is 0 Å². The summed E-state index contributed by atoms with van der Waals surface area (Å²) in [7, 11) is 0. The lowest BCUT2D eigenvalue weighted by Crippen LogP contribution is -2.51. The number of fused-ring (bicyclic) bond motifs is 3. The number of carbonyl (C=O) groups excluding carboxylic acids is 2. The van der Waals surface area contributed by atoms with Gasteiger partial charge in [-0.3, -0.25) is 4.79 Å². The van der Waals surface area contributed by atoms with Crippen LogP contribution in [0.2, 0.25) is 0 Å². The molecule has 5 nitrogen and oxygen atoms in total. The Kier molecular flexibility index (Phi) is 4.70. The second-order valence-electron chi connectivity index (χ2n) is 9.06. The zero-order valence-corrected chi connectivity index (χ0v) is 16.8. The standard InChI is InChI=1S/C21H30N2O3/c1-7-26-18-14-8-9-15-12(2)16(25)13(11-24)10-21(15,6)17(14)22-19(23-18)20(3,4)5/h11-13,15H,7-10H2,1-6H3/t12-,13?,15-,21-/m0/s1. The van der Waals surface area contributed by atoms with Gasteiger partial charge in [-0.05, 0) is 32.1 Å². The van der Waals surface area contributed by atoms with Crippen molar-refractivity contribution >= 4 is 12.1 Å². The van der Waals surface area contributed by atoms with Gasteiger partial charge in [-0.25, -0.2) is 4.98 Å². The van der Waals surface area contributed by atoms with Gasteiger partial charge in [0.2, 0.25) is 5.88 Å². The van der Waals surface area contributed by atoms with E-state index < -0.39 is 5.92 Å². The topological polar surface area (TPSA) is 69.2 Å². The first kappa shape index (κ1) is 19.0. The number of aldehydes is 1. The van der Waals surface area contributed by atoms with Crippen LogP contribution in [-0.2, 0) is 26.8 Å². The maximum atomic E-state index is 12.6. The molecule has 142 valence electrons. The van der Waals surface area contributed by atoms with Crippen molar-refractivity contribution in [3.8, 4) is 5.88 Å². The van der Waals surface area contributed by atoms with Crippen LogP contribution in [0.5, 0.6) is 5.88 Å². The number of ketones is 1. The second-order valence-corrected chi connectivity index (χ2v) is 9.06. The zero-order chi connectivity index (χ0) is 19.3. The molecule has 0 N–H and O–H groups in total. The number of aromatic nitrogens is 2. The summed E-state index contributed by atoms with van der Waals surface area (Å²) in [6.45, 7) is 12.9. The molecule has 1 fully saturated rings. The Balaban J connectivity index is 2.20. The van der Waals surface area contributed by atoms with Crippen molar-refractivity contribution in [3.63, 3.8) is 0 Å². The van der Waals surface area contributed by atoms with E-state index in [-0.39, 0.29) is 28.4 Å². The first-order valence-corrected chi connectivity index (χ1v) is 9.67. The van der Waals surface area contributed by atoms with Gasteiger partial charge in [0.15, 0.2) is 0 Å². The Morgan fingerprint density at radius 3 is 2.58 bits per heavy atom. The van der Waals surface area contributed by atoms with Gasteiger partial charge in [0, 0.05) is 22.3 Å². The van der Waals surface area contributed by atoms with E-state index in [9.17, 15) is 9.59 Å². The fourth-order valence-electron chi connectivity index (χ4n) is 4.80. The number of Topliss-reactive ketones (excluding diaryl/α,β-unsaturated/α-hetero) is 1. The van der Waals surface area contributed by atoms with Crippen LogP contribution in [0.25, 0.3) is 0 Å². The molecule has 3 rings (SSSR count). The Labute approximate surface area is 155 Å². The Bertz CT molecular complexity index is 738. The van der Waals surface area contributed by atoms with Gasteiger partial charge in [0.05, 0.1) is 18.2 Å². The van der Waals surface area contributed by atoms with Crippen molar-refractivity contribution in [2.75, 3.05) is 6.61 Å². The fraction of sp³-hybridized carbons (Fsp3) is 0.714. The first-order chi connectivity index (χ1) is 12.1. The summed E-state index contributed by atoms with van der Waals surface area (Å²) < 4.78 is 5.88. The maximum absolute atomic E-state index is 12.6.